The third-order valence-corrected chi connectivity index (χ3v) is 3.64. The minimum Gasteiger partial charge on any atom is -0.395 e. The van der Waals surface area contributed by atoms with Crippen molar-refractivity contribution in [2.45, 2.75) is 18.8 Å². The maximum atomic E-state index is 11.5. The van der Waals surface area contributed by atoms with Gasteiger partial charge in [0.2, 0.25) is 5.90 Å². The third-order valence-electron chi connectivity index (χ3n) is 3.64. The van der Waals surface area contributed by atoms with Gasteiger partial charge in [-0.25, -0.2) is 4.79 Å². The Labute approximate surface area is 136 Å². The van der Waals surface area contributed by atoms with Crippen molar-refractivity contribution in [1.82, 2.24) is 10.6 Å². The molecule has 1 aromatic rings. The van der Waals surface area contributed by atoms with Gasteiger partial charge in [0.15, 0.2) is 0 Å². The summed E-state index contributed by atoms with van der Waals surface area (Å²) in [4.78, 5) is 11.5. The largest absolute Gasteiger partial charge is 0.413 e. The second-order valence-electron chi connectivity index (χ2n) is 5.41. The van der Waals surface area contributed by atoms with Crippen molar-refractivity contribution in [2.75, 3.05) is 20.1 Å². The number of amides is 1. The Morgan fingerprint density at radius 3 is 2.78 bits per heavy atom. The van der Waals surface area contributed by atoms with E-state index in [9.17, 15) is 4.79 Å². The van der Waals surface area contributed by atoms with Gasteiger partial charge in [-0.15, -0.1) is 0 Å². The zero-order valence-corrected chi connectivity index (χ0v) is 13.3. The average Bonchev–Trinajstić information content (AvgIpc) is 2.56. The molecule has 1 amide bonds. The van der Waals surface area contributed by atoms with Crippen LogP contribution in [0.5, 0.6) is 0 Å². The molecule has 1 aliphatic carbocycles. The average molecular weight is 313 g/mol. The van der Waals surface area contributed by atoms with Crippen molar-refractivity contribution >= 4 is 12.0 Å². The van der Waals surface area contributed by atoms with Gasteiger partial charge in [0.25, 0.3) is 0 Å². The molecular formula is C18H23N3O2. The maximum Gasteiger partial charge on any atom is 0.413 e. The molecule has 23 heavy (non-hydrogen) atoms. The zero-order chi connectivity index (χ0) is 16.5. The lowest BCUT2D eigenvalue weighted by molar-refractivity contribution is 0.196. The number of ether oxygens (including phenoxy) is 1. The molecule has 0 aromatic heterocycles. The van der Waals surface area contributed by atoms with E-state index in [0.29, 0.717) is 12.5 Å². The number of hydrogen-bond acceptors (Lipinski definition) is 4. The fraction of sp³-hybridized carbons (Fsp3) is 0.333. The van der Waals surface area contributed by atoms with E-state index in [-0.39, 0.29) is 12.4 Å². The summed E-state index contributed by atoms with van der Waals surface area (Å²) in [7, 11) is 1.69. The Balaban J connectivity index is 1.70. The van der Waals surface area contributed by atoms with Gasteiger partial charge in [-0.05, 0) is 25.5 Å². The molecule has 122 valence electrons. The monoisotopic (exact) mass is 313 g/mol. The molecule has 1 unspecified atom stereocenters. The van der Waals surface area contributed by atoms with Crippen molar-refractivity contribution in [2.24, 2.45) is 0 Å². The molecule has 0 fully saturated rings. The summed E-state index contributed by atoms with van der Waals surface area (Å²) < 4.78 is 4.79. The summed E-state index contributed by atoms with van der Waals surface area (Å²) in [5, 5.41) is 12.8. The standard InChI is InChI=1S/C18H23N3O2/c1-20-13-17(19)23-18(22)21-12-11-14-7-9-16(10-8-14)15-5-3-2-4-6-15/h2-9,16,19-20H,10-13H2,1H3,(H,21,22). The van der Waals surface area contributed by atoms with Gasteiger partial charge in [0.1, 0.15) is 0 Å². The summed E-state index contributed by atoms with van der Waals surface area (Å²) in [6.07, 6.45) is 7.71. The first-order valence-electron chi connectivity index (χ1n) is 7.79. The van der Waals surface area contributed by atoms with Crippen LogP contribution < -0.4 is 10.6 Å². The second-order valence-corrected chi connectivity index (χ2v) is 5.41. The van der Waals surface area contributed by atoms with Gasteiger partial charge >= 0.3 is 6.09 Å². The quantitative estimate of drug-likeness (QED) is 0.558. The predicted molar refractivity (Wildman–Crippen MR) is 91.8 cm³/mol. The Morgan fingerprint density at radius 1 is 1.35 bits per heavy atom. The summed E-state index contributed by atoms with van der Waals surface area (Å²) in [5.74, 6) is 0.340. The van der Waals surface area contributed by atoms with E-state index in [1.54, 1.807) is 7.05 Å². The van der Waals surface area contributed by atoms with Crippen LogP contribution in [0.4, 0.5) is 4.79 Å². The summed E-state index contributed by atoms with van der Waals surface area (Å²) in [6, 6.07) is 10.4. The van der Waals surface area contributed by atoms with E-state index in [4.69, 9.17) is 10.1 Å². The van der Waals surface area contributed by atoms with Gasteiger partial charge in [0.05, 0.1) is 6.54 Å². The van der Waals surface area contributed by atoms with Gasteiger partial charge < -0.3 is 15.4 Å². The molecule has 0 heterocycles. The van der Waals surface area contributed by atoms with Gasteiger partial charge in [0, 0.05) is 12.5 Å². The van der Waals surface area contributed by atoms with Crippen LogP contribution in [0.3, 0.4) is 0 Å². The first kappa shape index (κ1) is 17.0. The molecule has 1 aromatic carbocycles. The van der Waals surface area contributed by atoms with E-state index < -0.39 is 6.09 Å². The minimum absolute atomic E-state index is 0.0903. The SMILES string of the molecule is CNCC(=N)OC(=O)NCCC1=CCC(c2ccccc2)C=C1. The number of carbonyl (C=O) groups excluding carboxylic acids is 1. The molecule has 2 rings (SSSR count). The lowest BCUT2D eigenvalue weighted by Gasteiger charge is -2.16. The Hall–Kier alpha value is -2.40. The highest BCUT2D eigenvalue weighted by Crippen LogP contribution is 2.27. The number of hydrogen-bond donors (Lipinski definition) is 3. The normalized spacial score (nSPS) is 16.6. The molecule has 5 nitrogen and oxygen atoms in total. The number of likely N-dealkylation sites (N-methyl/N-ethyl adjacent to an activating group) is 1. The number of alkyl carbamates (subject to hydrolysis) is 1. The second kappa shape index (κ2) is 8.90. The molecule has 5 heteroatoms. The van der Waals surface area contributed by atoms with Crippen LogP contribution in [0.2, 0.25) is 0 Å². The molecule has 1 atom stereocenters. The Morgan fingerprint density at radius 2 is 2.13 bits per heavy atom. The first-order chi connectivity index (χ1) is 11.2. The van der Waals surface area contributed by atoms with E-state index in [1.165, 1.54) is 11.1 Å². The van der Waals surface area contributed by atoms with Crippen LogP contribution in [-0.2, 0) is 4.74 Å². The maximum absolute atomic E-state index is 11.5. The molecular weight excluding hydrogens is 290 g/mol. The number of carbonyl (C=O) groups is 1. The van der Waals surface area contributed by atoms with Crippen molar-refractivity contribution in [3.8, 4) is 0 Å². The summed E-state index contributed by atoms with van der Waals surface area (Å²) in [6.45, 7) is 0.736. The van der Waals surface area contributed by atoms with E-state index in [1.807, 2.05) is 6.07 Å². The predicted octanol–water partition coefficient (Wildman–Crippen LogP) is 2.97. The minimum atomic E-state index is -0.576. The molecule has 0 saturated carbocycles. The van der Waals surface area contributed by atoms with Crippen LogP contribution in [0.1, 0.15) is 24.3 Å². The summed E-state index contributed by atoms with van der Waals surface area (Å²) >= 11 is 0. The molecule has 1 aliphatic rings. The van der Waals surface area contributed by atoms with Gasteiger partial charge in [-0.3, -0.25) is 5.41 Å². The fourth-order valence-corrected chi connectivity index (χ4v) is 2.45. The molecule has 0 saturated heterocycles. The first-order valence-corrected chi connectivity index (χ1v) is 7.79. The van der Waals surface area contributed by atoms with Crippen molar-refractivity contribution in [3.05, 3.63) is 59.7 Å². The molecule has 0 aliphatic heterocycles. The van der Waals surface area contributed by atoms with E-state index in [2.05, 4.69) is 53.1 Å². The van der Waals surface area contributed by atoms with Crippen molar-refractivity contribution in [3.63, 3.8) is 0 Å². The molecule has 0 bridgehead atoms. The number of benzene rings is 1. The highest BCUT2D eigenvalue weighted by molar-refractivity contribution is 5.87. The smallest absolute Gasteiger partial charge is 0.395 e. The van der Waals surface area contributed by atoms with Crippen LogP contribution in [0.25, 0.3) is 0 Å². The molecule has 3 N–H and O–H groups in total. The lowest BCUT2D eigenvalue weighted by Crippen LogP contribution is -2.31. The van der Waals surface area contributed by atoms with E-state index >= 15 is 0 Å². The third kappa shape index (κ3) is 5.71. The number of nitrogens with one attached hydrogen (secondary N) is 3. The summed E-state index contributed by atoms with van der Waals surface area (Å²) in [5.41, 5.74) is 2.53. The number of rotatable bonds is 6. The van der Waals surface area contributed by atoms with Gasteiger partial charge in [-0.2, -0.15) is 0 Å². The van der Waals surface area contributed by atoms with Crippen LogP contribution in [0.15, 0.2) is 54.1 Å². The Bertz CT molecular complexity index is 594. The lowest BCUT2D eigenvalue weighted by atomic mass is 9.89. The highest BCUT2D eigenvalue weighted by Gasteiger charge is 2.11. The highest BCUT2D eigenvalue weighted by atomic mass is 16.6. The topological polar surface area (TPSA) is 74.2 Å². The van der Waals surface area contributed by atoms with Crippen LogP contribution in [-0.4, -0.2) is 32.1 Å². The van der Waals surface area contributed by atoms with Gasteiger partial charge in [-0.1, -0.05) is 54.1 Å². The van der Waals surface area contributed by atoms with Crippen LogP contribution >= 0.6 is 0 Å². The number of allylic oxidation sites excluding steroid dienone is 3. The molecule has 0 radical (unpaired) electrons. The van der Waals surface area contributed by atoms with Crippen molar-refractivity contribution in [1.29, 1.82) is 5.41 Å². The zero-order valence-electron chi connectivity index (χ0n) is 13.3. The van der Waals surface area contributed by atoms with Crippen LogP contribution in [0, 0.1) is 5.41 Å². The Kier molecular flexibility index (Phi) is 6.56. The fourth-order valence-electron chi connectivity index (χ4n) is 2.45. The molecule has 0 spiro atoms. The van der Waals surface area contributed by atoms with E-state index in [0.717, 1.165) is 12.8 Å². The van der Waals surface area contributed by atoms with Crippen molar-refractivity contribution < 1.29 is 9.53 Å².